The number of thiol groups is 1. The Kier molecular flexibility index (Phi) is 5.41. The molecule has 2 atom stereocenters. The lowest BCUT2D eigenvalue weighted by molar-refractivity contribution is 0.749. The standard InChI is InChI=1S/C11H17NS2/c1-9-5-3-6-11(12-9)10(2)14-8-4-7-13/h3-4,6,8-10,13H,5,7H2,1-2H3/b8-4-. The van der Waals surface area contributed by atoms with Crippen molar-refractivity contribution in [3.05, 3.63) is 23.6 Å². The molecule has 0 aliphatic carbocycles. The van der Waals surface area contributed by atoms with Gasteiger partial charge in [-0.2, -0.15) is 12.6 Å². The maximum absolute atomic E-state index is 4.62. The van der Waals surface area contributed by atoms with Gasteiger partial charge in [-0.3, -0.25) is 4.99 Å². The first kappa shape index (κ1) is 11.9. The summed E-state index contributed by atoms with van der Waals surface area (Å²) in [6.45, 7) is 4.35. The van der Waals surface area contributed by atoms with Gasteiger partial charge in [0.2, 0.25) is 0 Å². The van der Waals surface area contributed by atoms with Gasteiger partial charge in [-0.25, -0.2) is 0 Å². The highest BCUT2D eigenvalue weighted by atomic mass is 32.2. The van der Waals surface area contributed by atoms with Crippen molar-refractivity contribution in [3.8, 4) is 0 Å². The van der Waals surface area contributed by atoms with E-state index < -0.39 is 0 Å². The highest BCUT2D eigenvalue weighted by molar-refractivity contribution is 8.03. The van der Waals surface area contributed by atoms with E-state index in [1.165, 1.54) is 5.71 Å². The summed E-state index contributed by atoms with van der Waals surface area (Å²) in [6.07, 6.45) is 7.49. The van der Waals surface area contributed by atoms with Gasteiger partial charge in [-0.15, -0.1) is 11.8 Å². The summed E-state index contributed by atoms with van der Waals surface area (Å²) in [5, 5.41) is 2.55. The van der Waals surface area contributed by atoms with Gasteiger partial charge in [0.05, 0.1) is 6.04 Å². The smallest absolute Gasteiger partial charge is 0.0509 e. The van der Waals surface area contributed by atoms with Crippen molar-refractivity contribution in [2.24, 2.45) is 4.99 Å². The number of hydrogen-bond donors (Lipinski definition) is 1. The van der Waals surface area contributed by atoms with E-state index in [1.54, 1.807) is 11.8 Å². The van der Waals surface area contributed by atoms with Crippen molar-refractivity contribution in [2.45, 2.75) is 31.6 Å². The lowest BCUT2D eigenvalue weighted by Gasteiger charge is -2.15. The molecule has 2 unspecified atom stereocenters. The van der Waals surface area contributed by atoms with Crippen LogP contribution in [0.1, 0.15) is 20.3 Å². The Morgan fingerprint density at radius 1 is 1.79 bits per heavy atom. The summed E-state index contributed by atoms with van der Waals surface area (Å²) in [5.74, 6) is 0.804. The average molecular weight is 227 g/mol. The zero-order valence-corrected chi connectivity index (χ0v) is 10.4. The number of nitrogens with zero attached hydrogens (tertiary/aromatic N) is 1. The Morgan fingerprint density at radius 2 is 2.57 bits per heavy atom. The maximum Gasteiger partial charge on any atom is 0.0509 e. The van der Waals surface area contributed by atoms with E-state index in [9.17, 15) is 0 Å². The molecule has 14 heavy (non-hydrogen) atoms. The molecule has 0 fully saturated rings. The second-order valence-electron chi connectivity index (χ2n) is 3.37. The number of aliphatic imine (C=N–C) groups is 1. The molecule has 1 rings (SSSR count). The van der Waals surface area contributed by atoms with E-state index in [0.29, 0.717) is 11.3 Å². The highest BCUT2D eigenvalue weighted by Crippen LogP contribution is 2.18. The minimum Gasteiger partial charge on any atom is -0.285 e. The van der Waals surface area contributed by atoms with Crippen LogP contribution in [0.15, 0.2) is 28.6 Å². The molecule has 78 valence electrons. The molecule has 0 aromatic heterocycles. The molecule has 1 nitrogen and oxygen atoms in total. The van der Waals surface area contributed by atoms with Crippen molar-refractivity contribution in [1.29, 1.82) is 0 Å². The van der Waals surface area contributed by atoms with E-state index in [0.717, 1.165) is 12.2 Å². The molecule has 0 saturated carbocycles. The largest absolute Gasteiger partial charge is 0.285 e. The third kappa shape index (κ3) is 3.93. The molecule has 0 aromatic rings. The molecule has 0 N–H and O–H groups in total. The average Bonchev–Trinajstić information content (AvgIpc) is 2.18. The van der Waals surface area contributed by atoms with Gasteiger partial charge in [-0.05, 0) is 31.8 Å². The Bertz CT molecular complexity index is 256. The van der Waals surface area contributed by atoms with Crippen molar-refractivity contribution in [1.82, 2.24) is 0 Å². The lowest BCUT2D eigenvalue weighted by atomic mass is 10.1. The van der Waals surface area contributed by atoms with Crippen LogP contribution in [0.2, 0.25) is 0 Å². The van der Waals surface area contributed by atoms with Crippen LogP contribution in [0.4, 0.5) is 0 Å². The maximum atomic E-state index is 4.62. The molecule has 0 aromatic carbocycles. The normalized spacial score (nSPS) is 23.9. The van der Waals surface area contributed by atoms with Crippen LogP contribution in [0.5, 0.6) is 0 Å². The fraction of sp³-hybridized carbons (Fsp3) is 0.545. The van der Waals surface area contributed by atoms with Gasteiger partial charge in [-0.1, -0.05) is 12.2 Å². The van der Waals surface area contributed by atoms with Crippen LogP contribution >= 0.6 is 24.4 Å². The van der Waals surface area contributed by atoms with Crippen LogP contribution < -0.4 is 0 Å². The van der Waals surface area contributed by atoms with Crippen LogP contribution in [-0.4, -0.2) is 22.8 Å². The number of thioether (sulfide) groups is 1. The Labute approximate surface area is 96.2 Å². The summed E-state index contributed by atoms with van der Waals surface area (Å²) in [7, 11) is 0. The summed E-state index contributed by atoms with van der Waals surface area (Å²) in [4.78, 5) is 4.62. The molecule has 1 aliphatic heterocycles. The predicted octanol–water partition coefficient (Wildman–Crippen LogP) is 3.34. The summed E-state index contributed by atoms with van der Waals surface area (Å²) in [5.41, 5.74) is 1.21. The van der Waals surface area contributed by atoms with E-state index >= 15 is 0 Å². The minimum absolute atomic E-state index is 0.449. The molecule has 3 heteroatoms. The lowest BCUT2D eigenvalue weighted by Crippen LogP contribution is -2.16. The summed E-state index contributed by atoms with van der Waals surface area (Å²) in [6, 6.07) is 0.451. The second-order valence-corrected chi connectivity index (χ2v) is 4.99. The molecule has 0 saturated heterocycles. The number of rotatable bonds is 4. The van der Waals surface area contributed by atoms with Gasteiger partial charge < -0.3 is 0 Å². The van der Waals surface area contributed by atoms with Crippen LogP contribution in [0, 0.1) is 0 Å². The molecule has 1 aliphatic rings. The fourth-order valence-corrected chi connectivity index (χ4v) is 2.23. The highest BCUT2D eigenvalue weighted by Gasteiger charge is 2.11. The van der Waals surface area contributed by atoms with Crippen molar-refractivity contribution in [3.63, 3.8) is 0 Å². The van der Waals surface area contributed by atoms with Gasteiger partial charge in [0.25, 0.3) is 0 Å². The molecule has 0 radical (unpaired) electrons. The summed E-state index contributed by atoms with van der Waals surface area (Å²) >= 11 is 5.92. The molecule has 0 amide bonds. The number of dihydropyridines is 1. The fourth-order valence-electron chi connectivity index (χ4n) is 1.26. The number of allylic oxidation sites excluding steroid dienone is 1. The molecule has 1 heterocycles. The van der Waals surface area contributed by atoms with Crippen molar-refractivity contribution < 1.29 is 0 Å². The summed E-state index contributed by atoms with van der Waals surface area (Å²) < 4.78 is 0. The van der Waals surface area contributed by atoms with E-state index in [-0.39, 0.29) is 0 Å². The number of hydrogen-bond acceptors (Lipinski definition) is 3. The third-order valence-electron chi connectivity index (χ3n) is 2.04. The minimum atomic E-state index is 0.449. The Morgan fingerprint density at radius 3 is 3.21 bits per heavy atom. The first-order valence-corrected chi connectivity index (χ1v) is 6.47. The van der Waals surface area contributed by atoms with E-state index in [4.69, 9.17) is 0 Å². The van der Waals surface area contributed by atoms with Crippen LogP contribution in [0.3, 0.4) is 0 Å². The Balaban J connectivity index is 2.47. The van der Waals surface area contributed by atoms with Crippen LogP contribution in [0.25, 0.3) is 0 Å². The van der Waals surface area contributed by atoms with E-state index in [1.807, 2.05) is 0 Å². The zero-order chi connectivity index (χ0) is 10.4. The van der Waals surface area contributed by atoms with E-state index in [2.05, 4.69) is 55.1 Å². The third-order valence-corrected chi connectivity index (χ3v) is 3.25. The monoisotopic (exact) mass is 227 g/mol. The Hall–Kier alpha value is -0.150. The molecule has 0 bridgehead atoms. The molecular formula is C11H17NS2. The van der Waals surface area contributed by atoms with Gasteiger partial charge in [0.1, 0.15) is 0 Å². The predicted molar refractivity (Wildman–Crippen MR) is 70.7 cm³/mol. The SMILES string of the molecule is CC1CC=CC(C(C)S/C=C\CS)=N1. The molecular weight excluding hydrogens is 210 g/mol. The first-order chi connectivity index (χ1) is 6.74. The van der Waals surface area contributed by atoms with Crippen molar-refractivity contribution >= 4 is 30.1 Å². The second kappa shape index (κ2) is 6.36. The van der Waals surface area contributed by atoms with Crippen molar-refractivity contribution in [2.75, 3.05) is 5.75 Å². The van der Waals surface area contributed by atoms with Gasteiger partial charge >= 0.3 is 0 Å². The van der Waals surface area contributed by atoms with Crippen LogP contribution in [-0.2, 0) is 0 Å². The molecule has 0 spiro atoms. The quantitative estimate of drug-likeness (QED) is 0.727. The zero-order valence-electron chi connectivity index (χ0n) is 8.68. The van der Waals surface area contributed by atoms with Gasteiger partial charge in [0.15, 0.2) is 0 Å². The first-order valence-electron chi connectivity index (χ1n) is 4.89. The van der Waals surface area contributed by atoms with Gasteiger partial charge in [0, 0.05) is 16.7 Å². The topological polar surface area (TPSA) is 12.4 Å².